The zero-order valence-corrected chi connectivity index (χ0v) is 11.3. The van der Waals surface area contributed by atoms with Gasteiger partial charge in [0.1, 0.15) is 0 Å². The Morgan fingerprint density at radius 3 is 1.75 bits per heavy atom. The van der Waals surface area contributed by atoms with E-state index in [0.29, 0.717) is 36.8 Å². The molecule has 1 aromatic carbocycles. The van der Waals surface area contributed by atoms with Crippen molar-refractivity contribution in [2.75, 3.05) is 0 Å². The summed E-state index contributed by atoms with van der Waals surface area (Å²) in [6.45, 7) is 1.42. The maximum atomic E-state index is 13.8. The molecule has 0 aliphatic heterocycles. The van der Waals surface area contributed by atoms with Crippen LogP contribution < -0.4 is 0 Å². The molecule has 0 N–H and O–H groups in total. The lowest BCUT2D eigenvalue weighted by Crippen LogP contribution is -2.46. The molecule has 20 heavy (non-hydrogen) atoms. The maximum Gasteiger partial charge on any atom is 0.398 e. The van der Waals surface area contributed by atoms with Crippen LogP contribution in [0.25, 0.3) is 0 Å². The Balaban J connectivity index is 2.07. The Morgan fingerprint density at radius 2 is 1.45 bits per heavy atom. The molecular weight excluding hydrogens is 265 g/mol. The normalized spacial score (nSPS) is 20.0. The smallest absolute Gasteiger partial charge is 0.295 e. The van der Waals surface area contributed by atoms with E-state index in [0.717, 1.165) is 0 Å². The van der Waals surface area contributed by atoms with Gasteiger partial charge in [0, 0.05) is 5.56 Å². The third-order valence-electron chi connectivity index (χ3n) is 4.68. The van der Waals surface area contributed by atoms with Gasteiger partial charge in [-0.3, -0.25) is 4.79 Å². The van der Waals surface area contributed by atoms with Gasteiger partial charge in [0.25, 0.3) is 0 Å². The van der Waals surface area contributed by atoms with Gasteiger partial charge in [-0.15, -0.1) is 0 Å². The molecule has 2 saturated carbocycles. The van der Waals surface area contributed by atoms with Gasteiger partial charge in [0.2, 0.25) is 0 Å². The molecule has 0 unspecified atom stereocenters. The summed E-state index contributed by atoms with van der Waals surface area (Å²) in [4.78, 5) is 11.3. The van der Waals surface area contributed by atoms with Crippen molar-refractivity contribution < 1.29 is 18.0 Å². The summed E-state index contributed by atoms with van der Waals surface area (Å²) < 4.78 is 41.5. The number of ketones is 1. The van der Waals surface area contributed by atoms with Crippen LogP contribution in [0.1, 0.15) is 48.5 Å². The van der Waals surface area contributed by atoms with E-state index < -0.39 is 11.6 Å². The summed E-state index contributed by atoms with van der Waals surface area (Å²) in [5.41, 5.74) is -0.862. The Morgan fingerprint density at radius 1 is 1.00 bits per heavy atom. The van der Waals surface area contributed by atoms with Crippen LogP contribution >= 0.6 is 0 Å². The van der Waals surface area contributed by atoms with Crippen LogP contribution in [0.5, 0.6) is 0 Å². The van der Waals surface area contributed by atoms with E-state index in [-0.39, 0.29) is 17.6 Å². The highest BCUT2D eigenvalue weighted by Gasteiger charge is 2.68. The Hall–Kier alpha value is -1.32. The molecule has 3 rings (SSSR count). The molecule has 2 aliphatic rings. The monoisotopic (exact) mass is 282 g/mol. The predicted molar refractivity (Wildman–Crippen MR) is 69.6 cm³/mol. The number of hydrogen-bond donors (Lipinski definition) is 0. The zero-order chi connectivity index (χ0) is 14.5. The van der Waals surface area contributed by atoms with Gasteiger partial charge in [-0.05, 0) is 50.0 Å². The van der Waals surface area contributed by atoms with Gasteiger partial charge in [-0.25, -0.2) is 0 Å². The third-order valence-corrected chi connectivity index (χ3v) is 4.68. The minimum Gasteiger partial charge on any atom is -0.295 e. The number of halogens is 3. The summed E-state index contributed by atoms with van der Waals surface area (Å²) >= 11 is 0. The first kappa shape index (κ1) is 13.7. The fourth-order valence-corrected chi connectivity index (χ4v) is 3.49. The largest absolute Gasteiger partial charge is 0.398 e. The number of Topliss-reactive ketones (excluding diaryl/α,β-unsaturated/α-hetero) is 1. The molecular formula is C16H17F3O. The highest BCUT2D eigenvalue weighted by Crippen LogP contribution is 2.65. The fraction of sp³-hybridized carbons (Fsp3) is 0.562. The van der Waals surface area contributed by atoms with Crippen molar-refractivity contribution >= 4 is 5.78 Å². The number of hydrogen-bond acceptors (Lipinski definition) is 1. The first-order chi connectivity index (χ1) is 9.37. The number of alkyl halides is 3. The highest BCUT2D eigenvalue weighted by atomic mass is 19.4. The van der Waals surface area contributed by atoms with Crippen LogP contribution in [-0.2, 0) is 5.41 Å². The Labute approximate surface area is 116 Å². The zero-order valence-electron chi connectivity index (χ0n) is 11.3. The second-order valence-corrected chi connectivity index (χ2v) is 6.05. The average Bonchev–Trinajstić information content (AvgIpc) is 3.23. The van der Waals surface area contributed by atoms with Crippen molar-refractivity contribution in [1.82, 2.24) is 0 Å². The van der Waals surface area contributed by atoms with Crippen molar-refractivity contribution in [1.29, 1.82) is 0 Å². The van der Waals surface area contributed by atoms with E-state index in [1.165, 1.54) is 31.2 Å². The van der Waals surface area contributed by atoms with Crippen LogP contribution in [0.15, 0.2) is 24.3 Å². The lowest BCUT2D eigenvalue weighted by molar-refractivity contribution is -0.204. The molecule has 0 heterocycles. The molecule has 4 heteroatoms. The predicted octanol–water partition coefficient (Wildman–Crippen LogP) is 4.51. The third kappa shape index (κ3) is 1.97. The van der Waals surface area contributed by atoms with Gasteiger partial charge in [0.15, 0.2) is 5.78 Å². The van der Waals surface area contributed by atoms with Gasteiger partial charge < -0.3 is 0 Å². The Kier molecular flexibility index (Phi) is 2.96. The number of carbonyl (C=O) groups is 1. The fourth-order valence-electron chi connectivity index (χ4n) is 3.49. The lowest BCUT2D eigenvalue weighted by atomic mass is 9.71. The maximum absolute atomic E-state index is 13.8. The highest BCUT2D eigenvalue weighted by molar-refractivity contribution is 5.94. The minimum atomic E-state index is -4.22. The lowest BCUT2D eigenvalue weighted by Gasteiger charge is -2.37. The molecule has 1 aromatic rings. The van der Waals surface area contributed by atoms with Gasteiger partial charge >= 0.3 is 6.18 Å². The van der Waals surface area contributed by atoms with Crippen molar-refractivity contribution in [3.05, 3.63) is 35.4 Å². The van der Waals surface area contributed by atoms with Gasteiger partial charge in [-0.1, -0.05) is 24.3 Å². The summed E-state index contributed by atoms with van der Waals surface area (Å²) in [7, 11) is 0. The van der Waals surface area contributed by atoms with Crippen LogP contribution in [-0.4, -0.2) is 12.0 Å². The van der Waals surface area contributed by atoms with E-state index in [9.17, 15) is 18.0 Å². The van der Waals surface area contributed by atoms with Gasteiger partial charge in [-0.2, -0.15) is 13.2 Å². The van der Waals surface area contributed by atoms with E-state index in [2.05, 4.69) is 0 Å². The number of carbonyl (C=O) groups excluding carboxylic acids is 1. The molecule has 0 aromatic heterocycles. The molecule has 0 atom stereocenters. The van der Waals surface area contributed by atoms with Crippen molar-refractivity contribution in [2.45, 2.75) is 44.2 Å². The topological polar surface area (TPSA) is 17.1 Å². The molecule has 108 valence electrons. The molecule has 1 nitrogen and oxygen atoms in total. The van der Waals surface area contributed by atoms with E-state index in [4.69, 9.17) is 0 Å². The quantitative estimate of drug-likeness (QED) is 0.743. The Bertz CT molecular complexity index is 510. The van der Waals surface area contributed by atoms with Crippen molar-refractivity contribution in [2.24, 2.45) is 11.8 Å². The number of rotatable bonds is 4. The molecule has 0 saturated heterocycles. The number of benzene rings is 1. The molecule has 0 bridgehead atoms. The van der Waals surface area contributed by atoms with Crippen LogP contribution in [0.3, 0.4) is 0 Å². The molecule has 0 radical (unpaired) electrons. The minimum absolute atomic E-state index is 0.119. The molecule has 0 spiro atoms. The van der Waals surface area contributed by atoms with E-state index in [1.807, 2.05) is 0 Å². The average molecular weight is 282 g/mol. The first-order valence-corrected chi connectivity index (χ1v) is 7.05. The second-order valence-electron chi connectivity index (χ2n) is 6.05. The van der Waals surface area contributed by atoms with E-state index >= 15 is 0 Å². The molecule has 0 amide bonds. The summed E-state index contributed by atoms with van der Waals surface area (Å²) in [6.07, 6.45) is -1.59. The SMILES string of the molecule is CC(=O)c1ccc(C(C2CC2)(C2CC2)C(F)(F)F)cc1. The van der Waals surface area contributed by atoms with E-state index in [1.54, 1.807) is 0 Å². The van der Waals surface area contributed by atoms with Crippen LogP contribution in [0.2, 0.25) is 0 Å². The molecule has 2 fully saturated rings. The first-order valence-electron chi connectivity index (χ1n) is 7.05. The van der Waals surface area contributed by atoms with Crippen molar-refractivity contribution in [3.63, 3.8) is 0 Å². The summed E-state index contributed by atoms with van der Waals surface area (Å²) in [5, 5.41) is 0. The van der Waals surface area contributed by atoms with Gasteiger partial charge in [0.05, 0.1) is 5.41 Å². The van der Waals surface area contributed by atoms with Crippen molar-refractivity contribution in [3.8, 4) is 0 Å². The summed E-state index contributed by atoms with van der Waals surface area (Å²) in [5.74, 6) is -0.677. The van der Waals surface area contributed by atoms with Crippen LogP contribution in [0.4, 0.5) is 13.2 Å². The second kappa shape index (κ2) is 4.34. The standard InChI is InChI=1S/C16H17F3O/c1-10(20)11-2-4-12(5-3-11)15(13-6-7-13,14-8-9-14)16(17,18)19/h2-5,13-14H,6-9H2,1H3. The molecule has 2 aliphatic carbocycles. The summed E-state index contributed by atoms with van der Waals surface area (Å²) in [6, 6.07) is 6.09. The van der Waals surface area contributed by atoms with Crippen LogP contribution in [0, 0.1) is 11.8 Å².